The number of alkyl halides is 3. The van der Waals surface area contributed by atoms with E-state index in [1.165, 1.54) is 49.9 Å². The summed E-state index contributed by atoms with van der Waals surface area (Å²) in [5.41, 5.74) is 0.171. The third-order valence-electron chi connectivity index (χ3n) is 7.19. The van der Waals surface area contributed by atoms with Crippen molar-refractivity contribution in [1.82, 2.24) is 4.90 Å². The van der Waals surface area contributed by atoms with Crippen molar-refractivity contribution in [1.29, 1.82) is 0 Å². The Bertz CT molecular complexity index is 1400. The summed E-state index contributed by atoms with van der Waals surface area (Å²) in [7, 11) is 0. The Hall–Kier alpha value is -4.05. The number of aromatic carboxylic acids is 2. The molecule has 7 nitrogen and oxygen atoms in total. The van der Waals surface area contributed by atoms with Crippen LogP contribution in [0.5, 0.6) is 0 Å². The first kappa shape index (κ1) is 27.5. The predicted octanol–water partition coefficient (Wildman–Crippen LogP) is 7.21. The lowest BCUT2D eigenvalue weighted by molar-refractivity contribution is -0.137. The molecule has 3 aromatic carbocycles. The average molecular weight is 554 g/mol. The molecule has 10 heteroatoms. The van der Waals surface area contributed by atoms with E-state index in [0.29, 0.717) is 18.4 Å². The average Bonchev–Trinajstić information content (AvgIpc) is 3.83. The normalized spacial score (nSPS) is 15.2. The molecule has 2 saturated carbocycles. The highest BCUT2D eigenvalue weighted by Crippen LogP contribution is 2.38. The summed E-state index contributed by atoms with van der Waals surface area (Å²) >= 11 is 0. The number of nitrogens with zero attached hydrogens (tertiary/aromatic N) is 1. The van der Waals surface area contributed by atoms with Gasteiger partial charge in [0, 0.05) is 19.6 Å². The van der Waals surface area contributed by atoms with Crippen molar-refractivity contribution in [2.45, 2.75) is 38.4 Å². The van der Waals surface area contributed by atoms with Gasteiger partial charge in [-0.15, -0.1) is 0 Å². The standard InChI is InChI=1S/C30H30F3N3O4/c31-30(32,33)21-10-12-26(34-24-4-2-1-3-22(24)28(37)38)27(14-21)35-25-11-9-20(13-23(25)29(39)40)17-36(15-18-5-6-18)16-19-7-8-19/h1-4,9-14,18-19,34-35H,5-8,15-17H2,(H,37,38)(H,39,40). The lowest BCUT2D eigenvalue weighted by Gasteiger charge is -2.23. The molecule has 0 unspecified atom stereocenters. The predicted molar refractivity (Wildman–Crippen MR) is 146 cm³/mol. The molecule has 0 spiro atoms. The van der Waals surface area contributed by atoms with Gasteiger partial charge in [-0.1, -0.05) is 18.2 Å². The molecule has 210 valence electrons. The number of para-hydroxylation sites is 1. The molecular formula is C30H30F3N3O4. The molecule has 2 aliphatic rings. The second-order valence-electron chi connectivity index (χ2n) is 10.6. The van der Waals surface area contributed by atoms with E-state index < -0.39 is 23.7 Å². The summed E-state index contributed by atoms with van der Waals surface area (Å²) in [4.78, 5) is 26.3. The lowest BCUT2D eigenvalue weighted by atomic mass is 10.1. The second-order valence-corrected chi connectivity index (χ2v) is 10.6. The molecule has 5 rings (SSSR count). The van der Waals surface area contributed by atoms with Gasteiger partial charge in [0.15, 0.2) is 0 Å². The number of carboxylic acid groups (broad SMARTS) is 2. The van der Waals surface area contributed by atoms with E-state index in [1.807, 2.05) is 0 Å². The Labute approximate surface area is 229 Å². The van der Waals surface area contributed by atoms with E-state index in [1.54, 1.807) is 24.3 Å². The van der Waals surface area contributed by atoms with Gasteiger partial charge in [-0.2, -0.15) is 13.2 Å². The summed E-state index contributed by atoms with van der Waals surface area (Å²) in [6, 6.07) is 13.9. The van der Waals surface area contributed by atoms with Crippen molar-refractivity contribution in [3.05, 3.63) is 82.9 Å². The van der Waals surface area contributed by atoms with Crippen LogP contribution >= 0.6 is 0 Å². The highest BCUT2D eigenvalue weighted by atomic mass is 19.4. The second kappa shape index (κ2) is 11.2. The van der Waals surface area contributed by atoms with Gasteiger partial charge in [0.2, 0.25) is 0 Å². The topological polar surface area (TPSA) is 102 Å². The molecular weight excluding hydrogens is 523 g/mol. The number of nitrogens with one attached hydrogen (secondary N) is 2. The van der Waals surface area contributed by atoms with E-state index in [-0.39, 0.29) is 33.9 Å². The summed E-state index contributed by atoms with van der Waals surface area (Å²) < 4.78 is 40.7. The van der Waals surface area contributed by atoms with Crippen LogP contribution < -0.4 is 10.6 Å². The molecule has 0 bridgehead atoms. The fourth-order valence-corrected chi connectivity index (χ4v) is 4.77. The highest BCUT2D eigenvalue weighted by molar-refractivity contribution is 5.98. The summed E-state index contributed by atoms with van der Waals surface area (Å²) in [5, 5.41) is 25.3. The zero-order chi connectivity index (χ0) is 28.4. The summed E-state index contributed by atoms with van der Waals surface area (Å²) in [5.74, 6) is -1.03. The van der Waals surface area contributed by atoms with Gasteiger partial charge < -0.3 is 20.8 Å². The van der Waals surface area contributed by atoms with Crippen molar-refractivity contribution in [2.24, 2.45) is 11.8 Å². The van der Waals surface area contributed by atoms with Crippen LogP contribution in [0, 0.1) is 11.8 Å². The number of anilines is 4. The zero-order valence-corrected chi connectivity index (χ0v) is 21.7. The Balaban J connectivity index is 1.45. The van der Waals surface area contributed by atoms with E-state index in [2.05, 4.69) is 15.5 Å². The third-order valence-corrected chi connectivity index (χ3v) is 7.19. The van der Waals surface area contributed by atoms with Gasteiger partial charge in [0.25, 0.3) is 0 Å². The van der Waals surface area contributed by atoms with Crippen molar-refractivity contribution < 1.29 is 33.0 Å². The van der Waals surface area contributed by atoms with Crippen molar-refractivity contribution >= 4 is 34.7 Å². The van der Waals surface area contributed by atoms with Crippen LogP contribution in [0.3, 0.4) is 0 Å². The molecule has 2 aliphatic carbocycles. The maximum Gasteiger partial charge on any atom is 0.416 e. The van der Waals surface area contributed by atoms with Gasteiger partial charge in [-0.05, 0) is 85.5 Å². The third kappa shape index (κ3) is 6.93. The number of rotatable bonds is 12. The smallest absolute Gasteiger partial charge is 0.416 e. The maximum absolute atomic E-state index is 13.6. The largest absolute Gasteiger partial charge is 0.478 e. The van der Waals surface area contributed by atoms with Crippen molar-refractivity contribution in [3.63, 3.8) is 0 Å². The van der Waals surface area contributed by atoms with E-state index in [4.69, 9.17) is 0 Å². The van der Waals surface area contributed by atoms with Crippen molar-refractivity contribution in [2.75, 3.05) is 23.7 Å². The molecule has 0 atom stereocenters. The van der Waals surface area contributed by atoms with Crippen LogP contribution in [-0.2, 0) is 12.7 Å². The molecule has 0 aromatic heterocycles. The Morgan fingerprint density at radius 3 is 1.93 bits per heavy atom. The number of hydrogen-bond acceptors (Lipinski definition) is 5. The Morgan fingerprint density at radius 2 is 1.32 bits per heavy atom. The number of carbonyl (C=O) groups is 2. The first-order valence-electron chi connectivity index (χ1n) is 13.2. The molecule has 3 aromatic rings. The monoisotopic (exact) mass is 553 g/mol. The van der Waals surface area contributed by atoms with E-state index in [0.717, 1.165) is 30.8 Å². The van der Waals surface area contributed by atoms with Crippen LogP contribution in [-0.4, -0.2) is 40.1 Å². The van der Waals surface area contributed by atoms with Gasteiger partial charge in [0.05, 0.1) is 39.4 Å². The minimum absolute atomic E-state index is 0.0469. The fraction of sp³-hybridized carbons (Fsp3) is 0.333. The number of halogens is 3. The lowest BCUT2D eigenvalue weighted by Crippen LogP contribution is -2.28. The van der Waals surface area contributed by atoms with Crippen LogP contribution in [0.4, 0.5) is 35.9 Å². The number of hydrogen-bond donors (Lipinski definition) is 4. The number of benzene rings is 3. The molecule has 4 N–H and O–H groups in total. The summed E-state index contributed by atoms with van der Waals surface area (Å²) in [6.45, 7) is 2.57. The van der Waals surface area contributed by atoms with Crippen LogP contribution in [0.2, 0.25) is 0 Å². The fourth-order valence-electron chi connectivity index (χ4n) is 4.77. The molecule has 2 fully saturated rings. The van der Waals surface area contributed by atoms with Gasteiger partial charge >= 0.3 is 18.1 Å². The number of carboxylic acids is 2. The highest BCUT2D eigenvalue weighted by Gasteiger charge is 2.32. The minimum Gasteiger partial charge on any atom is -0.478 e. The molecule has 0 radical (unpaired) electrons. The SMILES string of the molecule is O=C(O)c1ccccc1Nc1ccc(C(F)(F)F)cc1Nc1ccc(CN(CC2CC2)CC2CC2)cc1C(=O)O. The van der Waals surface area contributed by atoms with Gasteiger partial charge in [-0.3, -0.25) is 4.90 Å². The van der Waals surface area contributed by atoms with Crippen molar-refractivity contribution in [3.8, 4) is 0 Å². The molecule has 40 heavy (non-hydrogen) atoms. The molecule has 0 heterocycles. The van der Waals surface area contributed by atoms with Gasteiger partial charge in [-0.25, -0.2) is 9.59 Å². The molecule has 0 aliphatic heterocycles. The first-order valence-corrected chi connectivity index (χ1v) is 13.2. The van der Waals surface area contributed by atoms with Crippen LogP contribution in [0.1, 0.15) is 57.5 Å². The Kier molecular flexibility index (Phi) is 7.71. The van der Waals surface area contributed by atoms with E-state index >= 15 is 0 Å². The zero-order valence-electron chi connectivity index (χ0n) is 21.7. The first-order chi connectivity index (χ1) is 19.1. The maximum atomic E-state index is 13.6. The van der Waals surface area contributed by atoms with Crippen LogP contribution in [0.25, 0.3) is 0 Å². The Morgan fingerprint density at radius 1 is 0.750 bits per heavy atom. The van der Waals surface area contributed by atoms with E-state index in [9.17, 15) is 33.0 Å². The quantitative estimate of drug-likeness (QED) is 0.188. The van der Waals surface area contributed by atoms with Crippen LogP contribution in [0.15, 0.2) is 60.7 Å². The molecule has 0 amide bonds. The summed E-state index contributed by atoms with van der Waals surface area (Å²) in [6.07, 6.45) is 0.229. The minimum atomic E-state index is -4.64. The molecule has 0 saturated heterocycles. The van der Waals surface area contributed by atoms with Gasteiger partial charge in [0.1, 0.15) is 0 Å².